The van der Waals surface area contributed by atoms with Gasteiger partial charge in [0.25, 0.3) is 0 Å². The highest BCUT2D eigenvalue weighted by molar-refractivity contribution is 7.89. The number of halogens is 1. The van der Waals surface area contributed by atoms with Crippen molar-refractivity contribution < 1.29 is 12.8 Å². The molecule has 23 heavy (non-hydrogen) atoms. The van der Waals surface area contributed by atoms with Crippen molar-refractivity contribution in [3.63, 3.8) is 0 Å². The number of hydrogen-bond acceptors (Lipinski definition) is 4. The van der Waals surface area contributed by atoms with Crippen LogP contribution in [0.25, 0.3) is 0 Å². The molecule has 1 aromatic heterocycles. The summed E-state index contributed by atoms with van der Waals surface area (Å²) >= 11 is 0. The number of piperidine rings is 1. The fourth-order valence-electron chi connectivity index (χ4n) is 3.00. The Balaban J connectivity index is 2.04. The second-order valence-corrected chi connectivity index (χ2v) is 7.39. The van der Waals surface area contributed by atoms with Crippen LogP contribution in [0.5, 0.6) is 0 Å². The molecule has 1 aliphatic rings. The number of aromatic nitrogens is 3. The molecular weight excluding hydrogens is 319 g/mol. The minimum Gasteiger partial charge on any atom is -0.317 e. The predicted octanol–water partition coefficient (Wildman–Crippen LogP) is 2.35. The highest BCUT2D eigenvalue weighted by Crippen LogP contribution is 2.35. The number of sulfonamides is 1. The van der Waals surface area contributed by atoms with Gasteiger partial charge in [0.15, 0.2) is 5.82 Å². The van der Waals surface area contributed by atoms with E-state index in [2.05, 4.69) is 10.2 Å². The molecule has 8 heteroatoms. The summed E-state index contributed by atoms with van der Waals surface area (Å²) in [6, 6.07) is 5.08. The Hall–Kier alpha value is -1.80. The number of nitrogens with zero attached hydrogens (tertiary/aromatic N) is 4. The van der Waals surface area contributed by atoms with Crippen LogP contribution in [0.3, 0.4) is 0 Å². The van der Waals surface area contributed by atoms with Gasteiger partial charge in [0.05, 0.1) is 6.04 Å². The van der Waals surface area contributed by atoms with Gasteiger partial charge in [-0.1, -0.05) is 18.6 Å². The molecule has 0 bridgehead atoms. The van der Waals surface area contributed by atoms with E-state index < -0.39 is 21.9 Å². The van der Waals surface area contributed by atoms with Gasteiger partial charge in [-0.25, -0.2) is 12.8 Å². The molecule has 1 aromatic carbocycles. The van der Waals surface area contributed by atoms with Gasteiger partial charge in [0.1, 0.15) is 17.0 Å². The van der Waals surface area contributed by atoms with Gasteiger partial charge in [-0.05, 0) is 31.9 Å². The van der Waals surface area contributed by atoms with Gasteiger partial charge in [0.2, 0.25) is 10.0 Å². The summed E-state index contributed by atoms with van der Waals surface area (Å²) in [6.45, 7) is 2.97. The van der Waals surface area contributed by atoms with Gasteiger partial charge in [-0.2, -0.15) is 4.31 Å². The van der Waals surface area contributed by atoms with E-state index in [4.69, 9.17) is 0 Å². The van der Waals surface area contributed by atoms with Crippen molar-refractivity contribution in [1.29, 1.82) is 0 Å². The van der Waals surface area contributed by atoms with Gasteiger partial charge >= 0.3 is 0 Å². The van der Waals surface area contributed by atoms with E-state index in [9.17, 15) is 12.8 Å². The molecule has 1 fully saturated rings. The van der Waals surface area contributed by atoms with Gasteiger partial charge in [-0.15, -0.1) is 10.2 Å². The molecule has 3 rings (SSSR count). The van der Waals surface area contributed by atoms with Crippen LogP contribution < -0.4 is 0 Å². The van der Waals surface area contributed by atoms with E-state index in [0.717, 1.165) is 12.8 Å². The van der Waals surface area contributed by atoms with Crippen molar-refractivity contribution in [1.82, 2.24) is 19.1 Å². The SMILES string of the molecule is CCn1cnnc1C1CCCCN1S(=O)(=O)c1ccccc1F. The van der Waals surface area contributed by atoms with E-state index in [1.165, 1.54) is 28.6 Å². The van der Waals surface area contributed by atoms with Crippen LogP contribution >= 0.6 is 0 Å². The first kappa shape index (κ1) is 16.1. The summed E-state index contributed by atoms with van der Waals surface area (Å²) < 4.78 is 43.1. The predicted molar refractivity (Wildman–Crippen MR) is 82.6 cm³/mol. The molecule has 2 heterocycles. The Morgan fingerprint density at radius 1 is 1.30 bits per heavy atom. The van der Waals surface area contributed by atoms with Crippen LogP contribution in [0.2, 0.25) is 0 Å². The third kappa shape index (κ3) is 2.88. The minimum absolute atomic E-state index is 0.283. The van der Waals surface area contributed by atoms with Crippen molar-refractivity contribution in [3.05, 3.63) is 42.2 Å². The molecule has 1 aliphatic heterocycles. The smallest absolute Gasteiger partial charge is 0.246 e. The third-order valence-electron chi connectivity index (χ3n) is 4.16. The molecule has 0 radical (unpaired) electrons. The summed E-state index contributed by atoms with van der Waals surface area (Å²) in [5, 5.41) is 8.00. The van der Waals surface area contributed by atoms with Crippen molar-refractivity contribution in [2.24, 2.45) is 0 Å². The van der Waals surface area contributed by atoms with Crippen LogP contribution in [-0.4, -0.2) is 34.0 Å². The third-order valence-corrected chi connectivity index (χ3v) is 6.10. The van der Waals surface area contributed by atoms with Crippen molar-refractivity contribution in [3.8, 4) is 0 Å². The molecule has 0 spiro atoms. The van der Waals surface area contributed by atoms with Gasteiger partial charge in [-0.3, -0.25) is 0 Å². The van der Waals surface area contributed by atoms with E-state index in [1.807, 2.05) is 11.5 Å². The summed E-state index contributed by atoms with van der Waals surface area (Å²) in [7, 11) is -3.92. The Morgan fingerprint density at radius 2 is 2.09 bits per heavy atom. The molecule has 0 aliphatic carbocycles. The first-order valence-electron chi connectivity index (χ1n) is 7.69. The van der Waals surface area contributed by atoms with Crippen LogP contribution in [0.15, 0.2) is 35.5 Å². The minimum atomic E-state index is -3.92. The zero-order valence-corrected chi connectivity index (χ0v) is 13.7. The number of benzene rings is 1. The second kappa shape index (κ2) is 6.37. The quantitative estimate of drug-likeness (QED) is 0.858. The normalized spacial score (nSPS) is 19.8. The lowest BCUT2D eigenvalue weighted by molar-refractivity contribution is 0.240. The van der Waals surface area contributed by atoms with E-state index in [0.29, 0.717) is 25.3 Å². The average Bonchev–Trinajstić information content (AvgIpc) is 3.03. The van der Waals surface area contributed by atoms with E-state index in [1.54, 1.807) is 6.33 Å². The fraction of sp³-hybridized carbons (Fsp3) is 0.467. The van der Waals surface area contributed by atoms with Crippen molar-refractivity contribution in [2.75, 3.05) is 6.54 Å². The largest absolute Gasteiger partial charge is 0.317 e. The maximum atomic E-state index is 14.0. The molecule has 0 saturated carbocycles. The second-order valence-electron chi connectivity index (χ2n) is 5.53. The maximum absolute atomic E-state index is 14.0. The lowest BCUT2D eigenvalue weighted by Gasteiger charge is -2.34. The fourth-order valence-corrected chi connectivity index (χ4v) is 4.72. The van der Waals surface area contributed by atoms with Gasteiger partial charge < -0.3 is 4.57 Å². The van der Waals surface area contributed by atoms with Crippen molar-refractivity contribution >= 4 is 10.0 Å². The summed E-state index contributed by atoms with van der Waals surface area (Å²) in [6.07, 6.45) is 3.92. The first-order chi connectivity index (χ1) is 11.1. The molecule has 1 saturated heterocycles. The number of rotatable bonds is 4. The van der Waals surface area contributed by atoms with Crippen LogP contribution in [0, 0.1) is 5.82 Å². The highest BCUT2D eigenvalue weighted by Gasteiger charge is 2.37. The van der Waals surface area contributed by atoms with Crippen molar-refractivity contribution in [2.45, 2.75) is 43.7 Å². The molecular formula is C15H19FN4O2S. The Kier molecular flexibility index (Phi) is 4.45. The Bertz CT molecular complexity index is 790. The number of aryl methyl sites for hydroxylation is 1. The summed E-state index contributed by atoms with van der Waals surface area (Å²) in [5.74, 6) is -0.110. The molecule has 0 N–H and O–H groups in total. The van der Waals surface area contributed by atoms with Crippen LogP contribution in [0.1, 0.15) is 38.1 Å². The highest BCUT2D eigenvalue weighted by atomic mass is 32.2. The summed E-state index contributed by atoms with van der Waals surface area (Å²) in [4.78, 5) is -0.283. The van der Waals surface area contributed by atoms with Crippen LogP contribution in [0.4, 0.5) is 4.39 Å². The topological polar surface area (TPSA) is 68.1 Å². The molecule has 1 atom stereocenters. The standard InChI is InChI=1S/C15H19FN4O2S/c1-2-19-11-17-18-15(19)13-8-5-6-10-20(13)23(21,22)14-9-4-3-7-12(14)16/h3-4,7,9,11,13H,2,5-6,8,10H2,1H3. The number of hydrogen-bond donors (Lipinski definition) is 0. The lowest BCUT2D eigenvalue weighted by Crippen LogP contribution is -2.40. The Morgan fingerprint density at radius 3 is 2.83 bits per heavy atom. The lowest BCUT2D eigenvalue weighted by atomic mass is 10.0. The maximum Gasteiger partial charge on any atom is 0.246 e. The van der Waals surface area contributed by atoms with E-state index in [-0.39, 0.29) is 4.90 Å². The molecule has 2 aromatic rings. The molecule has 124 valence electrons. The molecule has 1 unspecified atom stereocenters. The zero-order valence-electron chi connectivity index (χ0n) is 12.9. The molecule has 0 amide bonds. The molecule has 6 nitrogen and oxygen atoms in total. The Labute approximate surface area is 135 Å². The summed E-state index contributed by atoms with van der Waals surface area (Å²) in [5.41, 5.74) is 0. The van der Waals surface area contributed by atoms with E-state index >= 15 is 0 Å². The average molecular weight is 338 g/mol. The zero-order chi connectivity index (χ0) is 16.4. The monoisotopic (exact) mass is 338 g/mol. The first-order valence-corrected chi connectivity index (χ1v) is 9.13. The van der Waals surface area contributed by atoms with Crippen LogP contribution in [-0.2, 0) is 16.6 Å². The van der Waals surface area contributed by atoms with Gasteiger partial charge in [0, 0.05) is 13.1 Å².